The van der Waals surface area contributed by atoms with E-state index in [9.17, 15) is 18.3 Å². The van der Waals surface area contributed by atoms with Gasteiger partial charge in [-0.15, -0.1) is 13.2 Å². The van der Waals surface area contributed by atoms with Gasteiger partial charge in [0.15, 0.2) is 6.23 Å². The van der Waals surface area contributed by atoms with Gasteiger partial charge in [-0.3, -0.25) is 0 Å². The Bertz CT molecular complexity index is 600. The number of benzene rings is 1. The zero-order chi connectivity index (χ0) is 15.5. The maximum absolute atomic E-state index is 12.1. The third-order valence-electron chi connectivity index (χ3n) is 2.60. The number of hydrogen-bond acceptors (Lipinski definition) is 4. The van der Waals surface area contributed by atoms with Crippen molar-refractivity contribution in [3.8, 4) is 5.75 Å². The van der Waals surface area contributed by atoms with Gasteiger partial charge < -0.3 is 15.2 Å². The van der Waals surface area contributed by atoms with Crippen molar-refractivity contribution in [2.75, 3.05) is 5.32 Å². The van der Waals surface area contributed by atoms with Crippen LogP contribution in [-0.2, 0) is 0 Å². The lowest BCUT2D eigenvalue weighted by Gasteiger charge is -2.15. The summed E-state index contributed by atoms with van der Waals surface area (Å²) in [6.07, 6.45) is -4.36. The molecule has 7 heteroatoms. The van der Waals surface area contributed by atoms with Crippen LogP contribution in [0.1, 0.15) is 17.4 Å². The number of aromatic nitrogens is 1. The highest BCUT2D eigenvalue weighted by molar-refractivity contribution is 5.39. The molecule has 0 radical (unpaired) electrons. The number of aryl methyl sites for hydroxylation is 1. The first kappa shape index (κ1) is 15.1. The zero-order valence-corrected chi connectivity index (χ0v) is 11.1. The standard InChI is InChI=1S/C14H13F3N2O2/c1-9-5-6-12(18-8-9)19-13(20)10-3-2-4-11(7-10)21-14(15,16)17/h2-8,13,20H,1H3,(H,18,19). The van der Waals surface area contributed by atoms with Crippen molar-refractivity contribution in [2.24, 2.45) is 0 Å². The molecule has 0 aliphatic rings. The highest BCUT2D eigenvalue weighted by Crippen LogP contribution is 2.25. The van der Waals surface area contributed by atoms with Gasteiger partial charge in [0.05, 0.1) is 0 Å². The molecule has 1 aromatic carbocycles. The Morgan fingerprint density at radius 3 is 2.62 bits per heavy atom. The largest absolute Gasteiger partial charge is 0.573 e. The third-order valence-corrected chi connectivity index (χ3v) is 2.60. The normalized spacial score (nSPS) is 12.8. The number of alkyl halides is 3. The lowest BCUT2D eigenvalue weighted by molar-refractivity contribution is -0.274. The number of nitrogens with one attached hydrogen (secondary N) is 1. The number of hydrogen-bond donors (Lipinski definition) is 2. The minimum atomic E-state index is -4.77. The van der Waals surface area contributed by atoms with Crippen LogP contribution < -0.4 is 10.1 Å². The molecule has 4 nitrogen and oxygen atoms in total. The van der Waals surface area contributed by atoms with Crippen LogP contribution >= 0.6 is 0 Å². The highest BCUT2D eigenvalue weighted by Gasteiger charge is 2.31. The summed E-state index contributed by atoms with van der Waals surface area (Å²) < 4.78 is 40.2. The molecule has 2 rings (SSSR count). The van der Waals surface area contributed by atoms with E-state index in [0.717, 1.165) is 17.7 Å². The minimum Gasteiger partial charge on any atom is -0.406 e. The third kappa shape index (κ3) is 4.64. The Morgan fingerprint density at radius 2 is 2.00 bits per heavy atom. The van der Waals surface area contributed by atoms with Crippen LogP contribution in [0.15, 0.2) is 42.6 Å². The predicted octanol–water partition coefficient (Wildman–Crippen LogP) is 3.39. The van der Waals surface area contributed by atoms with E-state index in [0.29, 0.717) is 5.82 Å². The van der Waals surface area contributed by atoms with Crippen LogP contribution in [0, 0.1) is 6.92 Å². The molecule has 1 heterocycles. The van der Waals surface area contributed by atoms with Gasteiger partial charge in [-0.2, -0.15) is 0 Å². The summed E-state index contributed by atoms with van der Waals surface area (Å²) in [5.74, 6) is 0.0213. The second kappa shape index (κ2) is 6.01. The smallest absolute Gasteiger partial charge is 0.406 e. The summed E-state index contributed by atoms with van der Waals surface area (Å²) in [5, 5.41) is 12.7. The van der Waals surface area contributed by atoms with Crippen LogP contribution in [-0.4, -0.2) is 16.5 Å². The van der Waals surface area contributed by atoms with Gasteiger partial charge in [0.25, 0.3) is 0 Å². The average Bonchev–Trinajstić information content (AvgIpc) is 2.40. The van der Waals surface area contributed by atoms with Gasteiger partial charge in [0.2, 0.25) is 0 Å². The van der Waals surface area contributed by atoms with Gasteiger partial charge in [0.1, 0.15) is 11.6 Å². The molecule has 112 valence electrons. The maximum Gasteiger partial charge on any atom is 0.573 e. The Kier molecular flexibility index (Phi) is 4.32. The fourth-order valence-electron chi connectivity index (χ4n) is 1.66. The minimum absolute atomic E-state index is 0.235. The molecule has 0 aliphatic carbocycles. The number of halogens is 3. The van der Waals surface area contributed by atoms with Crippen LogP contribution in [0.4, 0.5) is 19.0 Å². The first-order valence-electron chi connectivity index (χ1n) is 6.06. The van der Waals surface area contributed by atoms with E-state index in [-0.39, 0.29) is 5.56 Å². The average molecular weight is 298 g/mol. The van der Waals surface area contributed by atoms with E-state index >= 15 is 0 Å². The number of ether oxygens (including phenoxy) is 1. The number of aliphatic hydroxyl groups excluding tert-OH is 1. The number of rotatable bonds is 4. The van der Waals surface area contributed by atoms with E-state index in [1.54, 1.807) is 18.3 Å². The number of anilines is 1. The van der Waals surface area contributed by atoms with Crippen molar-refractivity contribution in [1.29, 1.82) is 0 Å². The van der Waals surface area contributed by atoms with Crippen molar-refractivity contribution in [1.82, 2.24) is 4.98 Å². The summed E-state index contributed by atoms with van der Waals surface area (Å²) in [6, 6.07) is 8.58. The molecular formula is C14H13F3N2O2. The molecule has 0 bridgehead atoms. The molecule has 0 saturated heterocycles. The summed E-state index contributed by atoms with van der Waals surface area (Å²) in [4.78, 5) is 4.04. The Morgan fingerprint density at radius 1 is 1.24 bits per heavy atom. The van der Waals surface area contributed by atoms with Crippen LogP contribution in [0.3, 0.4) is 0 Å². The summed E-state index contributed by atoms with van der Waals surface area (Å²) in [6.45, 7) is 1.87. The highest BCUT2D eigenvalue weighted by atomic mass is 19.4. The van der Waals surface area contributed by atoms with Gasteiger partial charge >= 0.3 is 6.36 Å². The SMILES string of the molecule is Cc1ccc(NC(O)c2cccc(OC(F)(F)F)c2)nc1. The molecule has 2 N–H and O–H groups in total. The summed E-state index contributed by atoms with van der Waals surface area (Å²) >= 11 is 0. The Balaban J connectivity index is 2.10. The van der Waals surface area contributed by atoms with Gasteiger partial charge in [-0.25, -0.2) is 4.98 Å². The number of nitrogens with zero attached hydrogens (tertiary/aromatic N) is 1. The lowest BCUT2D eigenvalue weighted by atomic mass is 10.2. The molecule has 0 saturated carbocycles. The molecule has 0 aliphatic heterocycles. The first-order chi connectivity index (χ1) is 9.83. The van der Waals surface area contributed by atoms with Crippen molar-refractivity contribution in [2.45, 2.75) is 19.5 Å². The monoisotopic (exact) mass is 298 g/mol. The molecule has 1 unspecified atom stereocenters. The van der Waals surface area contributed by atoms with Crippen LogP contribution in [0.2, 0.25) is 0 Å². The van der Waals surface area contributed by atoms with E-state index in [1.807, 2.05) is 6.92 Å². The van der Waals surface area contributed by atoms with Crippen molar-refractivity contribution in [3.63, 3.8) is 0 Å². The zero-order valence-electron chi connectivity index (χ0n) is 11.1. The molecule has 21 heavy (non-hydrogen) atoms. The fraction of sp³-hybridized carbons (Fsp3) is 0.214. The molecule has 0 amide bonds. The molecule has 1 atom stereocenters. The van der Waals surface area contributed by atoms with Crippen molar-refractivity contribution < 1.29 is 23.0 Å². The van der Waals surface area contributed by atoms with Gasteiger partial charge in [-0.05, 0) is 30.7 Å². The fourth-order valence-corrected chi connectivity index (χ4v) is 1.66. The van der Waals surface area contributed by atoms with Crippen molar-refractivity contribution >= 4 is 5.82 Å². The molecular weight excluding hydrogens is 285 g/mol. The molecule has 0 fully saturated rings. The Labute approximate surface area is 119 Å². The van der Waals surface area contributed by atoms with Crippen molar-refractivity contribution in [3.05, 3.63) is 53.7 Å². The van der Waals surface area contributed by atoms with E-state index in [1.165, 1.54) is 12.1 Å². The molecule has 2 aromatic rings. The predicted molar refractivity (Wildman–Crippen MR) is 70.7 cm³/mol. The van der Waals surface area contributed by atoms with Gasteiger partial charge in [0, 0.05) is 11.8 Å². The molecule has 1 aromatic heterocycles. The molecule has 0 spiro atoms. The quantitative estimate of drug-likeness (QED) is 0.850. The van der Waals surface area contributed by atoms with E-state index in [2.05, 4.69) is 15.0 Å². The Hall–Kier alpha value is -2.28. The van der Waals surface area contributed by atoms with Crippen LogP contribution in [0.25, 0.3) is 0 Å². The summed E-state index contributed by atoms with van der Waals surface area (Å²) in [5.41, 5.74) is 1.19. The van der Waals surface area contributed by atoms with Gasteiger partial charge in [-0.1, -0.05) is 18.2 Å². The van der Waals surface area contributed by atoms with Crippen LogP contribution in [0.5, 0.6) is 5.75 Å². The van der Waals surface area contributed by atoms with E-state index in [4.69, 9.17) is 0 Å². The lowest BCUT2D eigenvalue weighted by Crippen LogP contribution is -2.17. The number of aliphatic hydroxyl groups is 1. The summed E-state index contributed by atoms with van der Waals surface area (Å²) in [7, 11) is 0. The second-order valence-electron chi connectivity index (χ2n) is 4.39. The number of pyridine rings is 1. The topological polar surface area (TPSA) is 54.4 Å². The van der Waals surface area contributed by atoms with E-state index < -0.39 is 18.3 Å². The second-order valence-corrected chi connectivity index (χ2v) is 4.39. The maximum atomic E-state index is 12.1. The first-order valence-corrected chi connectivity index (χ1v) is 6.06.